The van der Waals surface area contributed by atoms with E-state index in [9.17, 15) is 9.13 Å². The topological polar surface area (TPSA) is 84.0 Å². The maximum absolute atomic E-state index is 14.0. The Balaban J connectivity index is 3.18. The molecule has 0 bridgehead atoms. The third-order valence-corrected chi connectivity index (χ3v) is 9.87. The van der Waals surface area contributed by atoms with Crippen molar-refractivity contribution in [1.82, 2.24) is 19.6 Å². The second-order valence-electron chi connectivity index (χ2n) is 10.7. The number of nitrogens with zero attached hydrogens (tertiary/aromatic N) is 4. The molecule has 0 N–H and O–H groups in total. The van der Waals surface area contributed by atoms with Gasteiger partial charge in [0.2, 0.25) is 0 Å². The highest BCUT2D eigenvalue weighted by atomic mass is 31.2. The van der Waals surface area contributed by atoms with Crippen molar-refractivity contribution in [2.75, 3.05) is 121 Å². The quantitative estimate of drug-likeness (QED) is 0.191. The Morgan fingerprint density at radius 2 is 0.895 bits per heavy atom. The molecule has 12 heteroatoms. The van der Waals surface area contributed by atoms with Crippen LogP contribution < -0.4 is 0 Å². The lowest BCUT2D eigenvalue weighted by molar-refractivity contribution is 0.170. The molecule has 0 saturated carbocycles. The Kier molecular flexibility index (Phi) is 17.4. The van der Waals surface area contributed by atoms with Crippen molar-refractivity contribution in [1.29, 1.82) is 0 Å². The lowest BCUT2D eigenvalue weighted by atomic mass is 10.0. The molecule has 0 fully saturated rings. The van der Waals surface area contributed by atoms with E-state index < -0.39 is 15.2 Å². The Labute approximate surface area is 231 Å². The van der Waals surface area contributed by atoms with Crippen LogP contribution in [0.25, 0.3) is 0 Å². The summed E-state index contributed by atoms with van der Waals surface area (Å²) in [4.78, 5) is 7.88. The van der Waals surface area contributed by atoms with Gasteiger partial charge in [-0.05, 0) is 74.3 Å². The molecule has 0 aliphatic heterocycles. The molecule has 222 valence electrons. The summed E-state index contributed by atoms with van der Waals surface area (Å²) in [5, 5.41) is 0. The number of rotatable bonds is 22. The standard InChI is InChI=1S/C26H52N4O6P2/c1-27(2)14-18-33-37(31,34-19-15-28(3)4)23-26(22-25-12-10-9-11-13-25)24-38(32,35-20-16-29(5)6)36-21-17-30(7)8/h9-13,26H,14-24H2,1-8H3. The number of hydrogen-bond acceptors (Lipinski definition) is 10. The van der Waals surface area contributed by atoms with E-state index in [1.807, 2.05) is 106 Å². The van der Waals surface area contributed by atoms with Crippen molar-refractivity contribution in [3.8, 4) is 0 Å². The van der Waals surface area contributed by atoms with Crippen LogP contribution in [0.3, 0.4) is 0 Å². The second kappa shape index (κ2) is 18.7. The van der Waals surface area contributed by atoms with Crippen LogP contribution in [-0.2, 0) is 33.6 Å². The van der Waals surface area contributed by atoms with Crippen molar-refractivity contribution in [3.05, 3.63) is 35.9 Å². The summed E-state index contributed by atoms with van der Waals surface area (Å²) in [5.41, 5.74) is 1.05. The minimum Gasteiger partial charge on any atom is -0.307 e. The number of benzene rings is 1. The van der Waals surface area contributed by atoms with E-state index in [0.717, 1.165) is 5.56 Å². The fraction of sp³-hybridized carbons (Fsp3) is 0.769. The van der Waals surface area contributed by atoms with E-state index in [2.05, 4.69) is 0 Å². The van der Waals surface area contributed by atoms with E-state index in [-0.39, 0.29) is 44.7 Å². The number of hydrogen-bond donors (Lipinski definition) is 0. The second-order valence-corrected chi connectivity index (χ2v) is 14.9. The van der Waals surface area contributed by atoms with Crippen LogP contribution in [0.2, 0.25) is 0 Å². The van der Waals surface area contributed by atoms with Crippen LogP contribution in [0.1, 0.15) is 5.56 Å². The SMILES string of the molecule is CN(C)CCOP(=O)(CC(Cc1ccccc1)CP(=O)(OCCN(C)C)OCCN(C)C)OCCN(C)C. The first-order chi connectivity index (χ1) is 17.8. The Morgan fingerprint density at radius 3 is 1.18 bits per heavy atom. The maximum atomic E-state index is 14.0. The summed E-state index contributed by atoms with van der Waals surface area (Å²) in [6.45, 7) is 3.57. The van der Waals surface area contributed by atoms with Gasteiger partial charge in [0.15, 0.2) is 0 Å². The third kappa shape index (κ3) is 17.1. The molecule has 38 heavy (non-hydrogen) atoms. The van der Waals surface area contributed by atoms with Crippen LogP contribution >= 0.6 is 15.2 Å². The molecule has 0 saturated heterocycles. The molecule has 0 atom stereocenters. The zero-order valence-corrected chi connectivity index (χ0v) is 26.7. The Bertz CT molecular complexity index is 758. The van der Waals surface area contributed by atoms with E-state index in [1.165, 1.54) is 0 Å². The van der Waals surface area contributed by atoms with Gasteiger partial charge in [-0.2, -0.15) is 0 Å². The highest BCUT2D eigenvalue weighted by Crippen LogP contribution is 2.55. The zero-order valence-electron chi connectivity index (χ0n) is 24.9. The molecule has 0 unspecified atom stereocenters. The van der Waals surface area contributed by atoms with Gasteiger partial charge in [-0.15, -0.1) is 0 Å². The molecule has 0 aromatic heterocycles. The summed E-state index contributed by atoms with van der Waals surface area (Å²) in [6, 6.07) is 9.92. The molecule has 10 nitrogen and oxygen atoms in total. The minimum absolute atomic E-state index is 0.126. The number of likely N-dealkylation sites (N-methyl/N-ethyl adjacent to an activating group) is 4. The summed E-state index contributed by atoms with van der Waals surface area (Å²) in [6.07, 6.45) is 0.804. The summed E-state index contributed by atoms with van der Waals surface area (Å²) in [5.74, 6) is -0.300. The molecule has 0 aliphatic rings. The van der Waals surface area contributed by atoms with E-state index in [1.54, 1.807) is 0 Å². The van der Waals surface area contributed by atoms with Gasteiger partial charge in [0.05, 0.1) is 38.8 Å². The third-order valence-electron chi connectivity index (χ3n) is 5.64. The molecule has 0 radical (unpaired) electrons. The first-order valence-corrected chi connectivity index (χ1v) is 16.7. The van der Waals surface area contributed by atoms with Gasteiger partial charge in [-0.25, -0.2) is 0 Å². The lowest BCUT2D eigenvalue weighted by Crippen LogP contribution is -2.25. The average Bonchev–Trinajstić information content (AvgIpc) is 2.78. The van der Waals surface area contributed by atoms with Gasteiger partial charge in [-0.1, -0.05) is 30.3 Å². The van der Waals surface area contributed by atoms with Gasteiger partial charge in [0.25, 0.3) is 0 Å². The van der Waals surface area contributed by atoms with Crippen LogP contribution in [0.4, 0.5) is 0 Å². The summed E-state index contributed by atoms with van der Waals surface area (Å²) in [7, 11) is 8.50. The highest BCUT2D eigenvalue weighted by molar-refractivity contribution is 7.55. The molecule has 1 aromatic rings. The zero-order chi connectivity index (χ0) is 28.6. The molecule has 1 rings (SSSR count). The van der Waals surface area contributed by atoms with Crippen molar-refractivity contribution < 1.29 is 27.2 Å². The predicted molar refractivity (Wildman–Crippen MR) is 157 cm³/mol. The first-order valence-electron chi connectivity index (χ1n) is 13.2. The van der Waals surface area contributed by atoms with Gasteiger partial charge >= 0.3 is 15.2 Å². The molecule has 0 amide bonds. The molecule has 0 spiro atoms. The Hall–Kier alpha value is -0.640. The first kappa shape index (κ1) is 35.4. The largest absolute Gasteiger partial charge is 0.331 e. The van der Waals surface area contributed by atoms with Crippen LogP contribution in [0, 0.1) is 5.92 Å². The van der Waals surface area contributed by atoms with E-state index in [4.69, 9.17) is 18.1 Å². The monoisotopic (exact) mass is 578 g/mol. The van der Waals surface area contributed by atoms with Crippen molar-refractivity contribution >= 4 is 15.2 Å². The van der Waals surface area contributed by atoms with Crippen molar-refractivity contribution in [2.24, 2.45) is 5.92 Å². The molecular weight excluding hydrogens is 526 g/mol. The van der Waals surface area contributed by atoms with E-state index >= 15 is 0 Å². The summed E-state index contributed by atoms with van der Waals surface area (Å²) < 4.78 is 51.7. The van der Waals surface area contributed by atoms with Gasteiger partial charge < -0.3 is 37.7 Å². The van der Waals surface area contributed by atoms with Crippen LogP contribution in [-0.4, -0.2) is 141 Å². The van der Waals surface area contributed by atoms with Gasteiger partial charge in [0.1, 0.15) is 0 Å². The van der Waals surface area contributed by atoms with E-state index in [0.29, 0.717) is 32.6 Å². The fourth-order valence-corrected chi connectivity index (χ4v) is 7.50. The van der Waals surface area contributed by atoms with Crippen molar-refractivity contribution in [3.63, 3.8) is 0 Å². The van der Waals surface area contributed by atoms with Gasteiger partial charge in [-0.3, -0.25) is 9.13 Å². The highest BCUT2D eigenvalue weighted by Gasteiger charge is 2.36. The van der Waals surface area contributed by atoms with Crippen LogP contribution in [0.5, 0.6) is 0 Å². The molecule has 0 heterocycles. The van der Waals surface area contributed by atoms with Crippen molar-refractivity contribution in [2.45, 2.75) is 6.42 Å². The normalized spacial score (nSPS) is 13.1. The molecule has 0 aliphatic carbocycles. The van der Waals surface area contributed by atoms with Crippen LogP contribution in [0.15, 0.2) is 30.3 Å². The smallest absolute Gasteiger partial charge is 0.307 e. The fourth-order valence-electron chi connectivity index (χ4n) is 3.50. The maximum Gasteiger partial charge on any atom is 0.331 e. The minimum atomic E-state index is -3.50. The lowest BCUT2D eigenvalue weighted by Gasteiger charge is -2.28. The molecule has 1 aromatic carbocycles. The summed E-state index contributed by atoms with van der Waals surface area (Å²) >= 11 is 0. The Morgan fingerprint density at radius 1 is 0.579 bits per heavy atom. The predicted octanol–water partition coefficient (Wildman–Crippen LogP) is 3.54. The van der Waals surface area contributed by atoms with Gasteiger partial charge in [0, 0.05) is 26.2 Å². The molecular formula is C26H52N4O6P2. The average molecular weight is 579 g/mol.